The molecule has 1 atom stereocenters. The van der Waals surface area contributed by atoms with E-state index in [9.17, 15) is 14.3 Å². The van der Waals surface area contributed by atoms with Crippen LogP contribution in [0.15, 0.2) is 42.6 Å². The highest BCUT2D eigenvalue weighted by Gasteiger charge is 2.39. The molecule has 1 saturated carbocycles. The minimum atomic E-state index is -0.543. The number of aliphatic hydroxyl groups is 1. The van der Waals surface area contributed by atoms with Crippen LogP contribution in [0.2, 0.25) is 0 Å². The Kier molecular flexibility index (Phi) is 5.87. The topological polar surface area (TPSA) is 71.5 Å². The molecule has 27 heavy (non-hydrogen) atoms. The highest BCUT2D eigenvalue weighted by molar-refractivity contribution is 5.94. The average Bonchev–Trinajstić information content (AvgIpc) is 2.68. The van der Waals surface area contributed by atoms with E-state index >= 15 is 0 Å². The maximum atomic E-state index is 13.3. The van der Waals surface area contributed by atoms with E-state index in [-0.39, 0.29) is 17.8 Å². The number of rotatable bonds is 5. The van der Waals surface area contributed by atoms with E-state index in [0.29, 0.717) is 29.7 Å². The van der Waals surface area contributed by atoms with Crippen molar-refractivity contribution in [3.8, 4) is 11.3 Å². The van der Waals surface area contributed by atoms with Gasteiger partial charge in [-0.25, -0.2) is 4.39 Å². The number of pyridine rings is 1. The summed E-state index contributed by atoms with van der Waals surface area (Å²) in [6.45, 7) is 1.74. The molecule has 5 nitrogen and oxygen atoms in total. The summed E-state index contributed by atoms with van der Waals surface area (Å²) in [5.74, 6) is -0.502. The van der Waals surface area contributed by atoms with Crippen LogP contribution in [-0.4, -0.2) is 40.9 Å². The lowest BCUT2D eigenvalue weighted by atomic mass is 9.79. The summed E-state index contributed by atoms with van der Waals surface area (Å²) in [5.41, 5.74) is 1.23. The minimum absolute atomic E-state index is 0.0439. The fourth-order valence-electron chi connectivity index (χ4n) is 3.66. The predicted molar refractivity (Wildman–Crippen MR) is 101 cm³/mol. The van der Waals surface area contributed by atoms with Gasteiger partial charge in [0, 0.05) is 24.9 Å². The van der Waals surface area contributed by atoms with Crippen LogP contribution in [-0.2, 0) is 4.74 Å². The first kappa shape index (κ1) is 19.5. The van der Waals surface area contributed by atoms with Gasteiger partial charge >= 0.3 is 0 Å². The molecule has 1 amide bonds. The fourth-order valence-corrected chi connectivity index (χ4v) is 3.66. The van der Waals surface area contributed by atoms with E-state index in [4.69, 9.17) is 4.74 Å². The summed E-state index contributed by atoms with van der Waals surface area (Å²) in [4.78, 5) is 16.8. The Labute approximate surface area is 158 Å². The number of nitrogens with one attached hydrogen (secondary N) is 1. The number of aromatic nitrogens is 1. The Morgan fingerprint density at radius 3 is 2.63 bits per heavy atom. The van der Waals surface area contributed by atoms with Crippen molar-refractivity contribution in [2.24, 2.45) is 0 Å². The first-order chi connectivity index (χ1) is 12.9. The molecule has 2 N–H and O–H groups in total. The first-order valence-corrected chi connectivity index (χ1v) is 9.19. The van der Waals surface area contributed by atoms with E-state index in [1.165, 1.54) is 18.3 Å². The quantitative estimate of drug-likeness (QED) is 0.845. The van der Waals surface area contributed by atoms with Gasteiger partial charge in [-0.15, -0.1) is 0 Å². The molecule has 1 aliphatic rings. The summed E-state index contributed by atoms with van der Waals surface area (Å²) < 4.78 is 18.9. The van der Waals surface area contributed by atoms with Crippen LogP contribution in [0.5, 0.6) is 0 Å². The van der Waals surface area contributed by atoms with Gasteiger partial charge in [0.1, 0.15) is 5.82 Å². The molecule has 0 spiro atoms. The zero-order valence-corrected chi connectivity index (χ0v) is 15.6. The standard InChI is InChI=1S/C21H25FN2O3/c1-14(25)21(27-2)10-8-18(9-11-21)24-20(26)16-6-7-19(23-13-16)15-4-3-5-17(22)12-15/h3-7,12-14,18,25H,8-11H2,1-2H3,(H,24,26). The number of nitrogens with zero attached hydrogens (tertiary/aromatic N) is 1. The van der Waals surface area contributed by atoms with Crippen molar-refractivity contribution in [3.05, 3.63) is 54.0 Å². The number of carbonyl (C=O) groups excluding carboxylic acids is 1. The number of hydrogen-bond acceptors (Lipinski definition) is 4. The zero-order valence-electron chi connectivity index (χ0n) is 15.6. The Bertz CT molecular complexity index is 784. The van der Waals surface area contributed by atoms with Crippen LogP contribution in [0.4, 0.5) is 4.39 Å². The molecule has 1 heterocycles. The third-order valence-corrected chi connectivity index (χ3v) is 5.48. The van der Waals surface area contributed by atoms with Gasteiger partial charge in [0.2, 0.25) is 0 Å². The van der Waals surface area contributed by atoms with Gasteiger partial charge in [0.05, 0.1) is 23.0 Å². The first-order valence-electron chi connectivity index (χ1n) is 9.19. The van der Waals surface area contributed by atoms with E-state index < -0.39 is 11.7 Å². The van der Waals surface area contributed by atoms with E-state index in [2.05, 4.69) is 10.3 Å². The van der Waals surface area contributed by atoms with Crippen molar-refractivity contribution >= 4 is 5.91 Å². The fraction of sp³-hybridized carbons (Fsp3) is 0.429. The molecule has 1 aromatic heterocycles. The summed E-state index contributed by atoms with van der Waals surface area (Å²) in [5, 5.41) is 13.0. The number of ether oxygens (including phenoxy) is 1. The lowest BCUT2D eigenvalue weighted by Crippen LogP contribution is -2.49. The summed E-state index contributed by atoms with van der Waals surface area (Å²) in [6, 6.07) is 9.65. The normalized spacial score (nSPS) is 23.6. The molecule has 144 valence electrons. The van der Waals surface area contributed by atoms with Crippen molar-refractivity contribution in [1.82, 2.24) is 10.3 Å². The van der Waals surface area contributed by atoms with Crippen LogP contribution >= 0.6 is 0 Å². The third kappa shape index (κ3) is 4.34. The number of hydrogen-bond donors (Lipinski definition) is 2. The molecule has 1 fully saturated rings. The molecular weight excluding hydrogens is 347 g/mol. The summed E-state index contributed by atoms with van der Waals surface area (Å²) in [6.07, 6.45) is 3.86. The Morgan fingerprint density at radius 2 is 2.07 bits per heavy atom. The monoisotopic (exact) mass is 372 g/mol. The zero-order chi connectivity index (χ0) is 19.4. The predicted octanol–water partition coefficient (Wildman–Crippen LogP) is 3.33. The van der Waals surface area contributed by atoms with Crippen LogP contribution < -0.4 is 5.32 Å². The minimum Gasteiger partial charge on any atom is -0.390 e. The van der Waals surface area contributed by atoms with Gasteiger partial charge in [-0.3, -0.25) is 9.78 Å². The third-order valence-electron chi connectivity index (χ3n) is 5.48. The van der Waals surface area contributed by atoms with Crippen LogP contribution in [0.1, 0.15) is 43.0 Å². The average molecular weight is 372 g/mol. The molecule has 3 rings (SSSR count). The molecule has 1 aliphatic carbocycles. The SMILES string of the molecule is COC1(C(C)O)CCC(NC(=O)c2ccc(-c3cccc(F)c3)nc2)CC1. The van der Waals surface area contributed by atoms with Crippen molar-refractivity contribution in [2.75, 3.05) is 7.11 Å². The molecule has 1 aromatic carbocycles. The summed E-state index contributed by atoms with van der Waals surface area (Å²) >= 11 is 0. The summed E-state index contributed by atoms with van der Waals surface area (Å²) in [7, 11) is 1.62. The van der Waals surface area contributed by atoms with Gasteiger partial charge in [0.15, 0.2) is 0 Å². The number of aliphatic hydroxyl groups excluding tert-OH is 1. The number of methoxy groups -OCH3 is 1. The van der Waals surface area contributed by atoms with Gasteiger partial charge in [-0.05, 0) is 56.9 Å². The van der Waals surface area contributed by atoms with Crippen LogP contribution in [0.25, 0.3) is 11.3 Å². The van der Waals surface area contributed by atoms with Crippen molar-refractivity contribution in [1.29, 1.82) is 0 Å². The maximum Gasteiger partial charge on any atom is 0.253 e. The maximum absolute atomic E-state index is 13.3. The number of carbonyl (C=O) groups is 1. The Morgan fingerprint density at radius 1 is 1.33 bits per heavy atom. The van der Waals surface area contributed by atoms with Crippen LogP contribution in [0.3, 0.4) is 0 Å². The molecule has 0 aliphatic heterocycles. The second-order valence-corrected chi connectivity index (χ2v) is 7.14. The Hall–Kier alpha value is -2.31. The van der Waals surface area contributed by atoms with E-state index in [1.807, 2.05) is 0 Å². The van der Waals surface area contributed by atoms with Crippen molar-refractivity contribution < 1.29 is 19.0 Å². The van der Waals surface area contributed by atoms with Gasteiger partial charge in [-0.1, -0.05) is 12.1 Å². The molecule has 1 unspecified atom stereocenters. The Balaban J connectivity index is 1.61. The molecule has 0 bridgehead atoms. The molecular formula is C21H25FN2O3. The van der Waals surface area contributed by atoms with E-state index in [1.54, 1.807) is 38.3 Å². The molecule has 2 aromatic rings. The van der Waals surface area contributed by atoms with Crippen molar-refractivity contribution in [2.45, 2.75) is 50.4 Å². The van der Waals surface area contributed by atoms with Crippen molar-refractivity contribution in [3.63, 3.8) is 0 Å². The van der Waals surface area contributed by atoms with Gasteiger partial charge < -0.3 is 15.2 Å². The molecule has 6 heteroatoms. The van der Waals surface area contributed by atoms with E-state index in [0.717, 1.165) is 12.8 Å². The van der Waals surface area contributed by atoms with Crippen LogP contribution in [0, 0.1) is 5.82 Å². The van der Waals surface area contributed by atoms with Gasteiger partial charge in [0.25, 0.3) is 5.91 Å². The second kappa shape index (κ2) is 8.15. The smallest absolute Gasteiger partial charge is 0.253 e. The lowest BCUT2D eigenvalue weighted by Gasteiger charge is -2.41. The number of amides is 1. The number of benzene rings is 1. The number of halogens is 1. The highest BCUT2D eigenvalue weighted by Crippen LogP contribution is 2.34. The van der Waals surface area contributed by atoms with Gasteiger partial charge in [-0.2, -0.15) is 0 Å². The second-order valence-electron chi connectivity index (χ2n) is 7.14. The molecule has 0 radical (unpaired) electrons. The largest absolute Gasteiger partial charge is 0.390 e. The highest BCUT2D eigenvalue weighted by atomic mass is 19.1. The molecule has 0 saturated heterocycles. The lowest BCUT2D eigenvalue weighted by molar-refractivity contribution is -0.118.